The van der Waals surface area contributed by atoms with E-state index < -0.39 is 27.3 Å². The van der Waals surface area contributed by atoms with Crippen molar-refractivity contribution in [3.8, 4) is 17.2 Å². The first-order valence-electron chi connectivity index (χ1n) is 41.0. The predicted molar refractivity (Wildman–Crippen MR) is 502 cm³/mol. The number of rotatable bonds is 40. The average Bonchev–Trinajstić information content (AvgIpc) is 1.68. The van der Waals surface area contributed by atoms with Gasteiger partial charge in [0.05, 0.1) is 50.8 Å². The molecule has 5 amide bonds. The molecule has 33 nitrogen and oxygen atoms in total. The Balaban J connectivity index is 0.000000169. The molecule has 12 aromatic rings. The fourth-order valence-corrected chi connectivity index (χ4v) is 12.8. The number of likely N-dealkylation sites (tertiary alicyclic amines) is 1. The summed E-state index contributed by atoms with van der Waals surface area (Å²) in [5.74, 6) is 1.13. The number of methoxy groups -OCH3 is 1. The normalized spacial score (nSPS) is 11.7. The number of aliphatic hydroxyl groups excluding tert-OH is 1. The Hall–Kier alpha value is -16.2. The van der Waals surface area contributed by atoms with Gasteiger partial charge in [-0.05, 0) is 201 Å². The number of carbonyl (C=O) groups is 5. The van der Waals surface area contributed by atoms with Crippen molar-refractivity contribution in [3.05, 3.63) is 298 Å². The minimum atomic E-state index is -3.03. The van der Waals surface area contributed by atoms with Gasteiger partial charge in [0.1, 0.15) is 39.5 Å². The van der Waals surface area contributed by atoms with Gasteiger partial charge in [0.25, 0.3) is 0 Å². The van der Waals surface area contributed by atoms with Gasteiger partial charge >= 0.3 is 0 Å². The molecule has 0 spiro atoms. The summed E-state index contributed by atoms with van der Waals surface area (Å²) >= 11 is 0. The van der Waals surface area contributed by atoms with Gasteiger partial charge in [0, 0.05) is 125 Å². The molecule has 131 heavy (non-hydrogen) atoms. The number of nitrogens with one attached hydrogen (secondary N) is 12. The monoisotopic (exact) mass is 1800 g/mol. The van der Waals surface area contributed by atoms with Crippen molar-refractivity contribution < 1.29 is 69.6 Å². The average molecular weight is 1800 g/mol. The number of hydrogen-bond donors (Lipinski definition) is 13. The lowest BCUT2D eigenvalue weighted by atomic mass is 10.2. The van der Waals surface area contributed by atoms with E-state index >= 15 is 0 Å². The Kier molecular flexibility index (Phi) is 35.4. The molecule has 2 aliphatic rings. The summed E-state index contributed by atoms with van der Waals surface area (Å²) in [6.07, 6.45) is 15.9. The van der Waals surface area contributed by atoms with E-state index in [0.29, 0.717) is 119 Å². The third-order valence-electron chi connectivity index (χ3n) is 18.5. The fraction of sp³-hybridized carbons (Fsp3) is 0.181. The number of benzene rings is 8. The van der Waals surface area contributed by atoms with Gasteiger partial charge in [-0.15, -0.1) is 0 Å². The van der Waals surface area contributed by atoms with Crippen molar-refractivity contribution in [1.82, 2.24) is 44.8 Å². The summed E-state index contributed by atoms with van der Waals surface area (Å²) in [5, 5.41) is 44.2. The number of carbonyl (C=O) groups excluding carboxylic acids is 5. The van der Waals surface area contributed by atoms with Gasteiger partial charge in [-0.2, -0.15) is 19.9 Å². The number of aromatic nitrogens is 8. The van der Waals surface area contributed by atoms with Crippen LogP contribution in [0.5, 0.6) is 17.2 Å². The van der Waals surface area contributed by atoms with Crippen molar-refractivity contribution in [2.24, 2.45) is 0 Å². The quantitative estimate of drug-likeness (QED) is 0.0125. The second kappa shape index (κ2) is 48.5. The Labute approximate surface area is 754 Å². The molecule has 1 saturated heterocycles. The third kappa shape index (κ3) is 32.0. The highest BCUT2D eigenvalue weighted by Gasteiger charge is 2.28. The lowest BCUT2D eigenvalue weighted by molar-refractivity contribution is -0.127. The van der Waals surface area contributed by atoms with Crippen LogP contribution in [0, 0.1) is 17.5 Å². The highest BCUT2D eigenvalue weighted by molar-refractivity contribution is 7.90. The van der Waals surface area contributed by atoms with E-state index in [0.717, 1.165) is 97.0 Å². The Morgan fingerprint density at radius 1 is 0.435 bits per heavy atom. The molecule has 2 fully saturated rings. The first-order chi connectivity index (χ1) is 63.4. The second-order valence-corrected chi connectivity index (χ2v) is 31.1. The van der Waals surface area contributed by atoms with Crippen molar-refractivity contribution in [3.63, 3.8) is 0 Å². The largest absolute Gasteiger partial charge is 0.493 e. The number of ether oxygens (including phenoxy) is 4. The van der Waals surface area contributed by atoms with Crippen LogP contribution in [-0.4, -0.2) is 146 Å². The van der Waals surface area contributed by atoms with Gasteiger partial charge in [-0.1, -0.05) is 74.8 Å². The van der Waals surface area contributed by atoms with Gasteiger partial charge in [0.15, 0.2) is 34.9 Å². The zero-order valence-electron chi connectivity index (χ0n) is 71.4. The smallest absolute Gasteiger partial charge is 0.247 e. The number of hydrogen-bond acceptors (Lipinski definition) is 28. The molecule has 0 bridgehead atoms. The highest BCUT2D eigenvalue weighted by atomic mass is 32.2. The molecule has 8 aromatic carbocycles. The zero-order chi connectivity index (χ0) is 92.9. The first kappa shape index (κ1) is 95.5. The van der Waals surface area contributed by atoms with Crippen molar-refractivity contribution >= 4 is 155 Å². The van der Waals surface area contributed by atoms with Gasteiger partial charge in [-0.25, -0.2) is 41.5 Å². The molecule has 676 valence electrons. The van der Waals surface area contributed by atoms with Crippen LogP contribution in [0.15, 0.2) is 270 Å². The summed E-state index contributed by atoms with van der Waals surface area (Å²) in [7, 11) is -1.39. The van der Waals surface area contributed by atoms with Crippen LogP contribution >= 0.6 is 0 Å². The molecule has 0 atom stereocenters. The van der Waals surface area contributed by atoms with Crippen molar-refractivity contribution in [2.45, 2.75) is 51.0 Å². The molecule has 4 aromatic heterocycles. The maximum absolute atomic E-state index is 14.4. The second-order valence-electron chi connectivity index (χ2n) is 28.8. The lowest BCUT2D eigenvalue weighted by Crippen LogP contribution is -2.26. The molecular weight excluding hydrogens is 1700 g/mol. The van der Waals surface area contributed by atoms with Crippen molar-refractivity contribution in [2.75, 3.05) is 122 Å². The van der Waals surface area contributed by atoms with Crippen LogP contribution in [0.2, 0.25) is 0 Å². The number of nitrogens with zero attached hydrogens (tertiary/aromatic N) is 9. The van der Waals surface area contributed by atoms with E-state index in [1.54, 1.807) is 135 Å². The van der Waals surface area contributed by atoms with E-state index in [1.807, 2.05) is 77.8 Å². The van der Waals surface area contributed by atoms with Crippen molar-refractivity contribution in [1.29, 1.82) is 0 Å². The third-order valence-corrected chi connectivity index (χ3v) is 19.6. The summed E-state index contributed by atoms with van der Waals surface area (Å²) in [4.78, 5) is 93.3. The molecular formula is C94H96F3N21O12S. The Morgan fingerprint density at radius 3 is 1.18 bits per heavy atom. The van der Waals surface area contributed by atoms with Crippen LogP contribution in [0.3, 0.4) is 0 Å². The fourth-order valence-electron chi connectivity index (χ4n) is 12.2. The maximum atomic E-state index is 14.4. The molecule has 14 rings (SSSR count). The van der Waals surface area contributed by atoms with Crippen LogP contribution in [-0.2, 0) is 45.2 Å². The molecule has 1 aliphatic carbocycles. The van der Waals surface area contributed by atoms with E-state index in [9.17, 15) is 50.7 Å². The Morgan fingerprint density at radius 2 is 0.794 bits per heavy atom. The summed E-state index contributed by atoms with van der Waals surface area (Å²) < 4.78 is 87.3. The highest BCUT2D eigenvalue weighted by Crippen LogP contribution is 2.44. The number of halogens is 3. The molecule has 0 unspecified atom stereocenters. The number of anilines is 20. The van der Waals surface area contributed by atoms with Gasteiger partial charge in [-0.3, -0.25) is 24.0 Å². The molecule has 0 radical (unpaired) electrons. The number of sulfone groups is 1. The molecule has 5 heterocycles. The minimum absolute atomic E-state index is 0.0245. The molecule has 13 N–H and O–H groups in total. The lowest BCUT2D eigenvalue weighted by Gasteiger charge is -2.15. The predicted octanol–water partition coefficient (Wildman–Crippen LogP) is 17.4. The molecule has 37 heteroatoms. The number of amides is 5. The van der Waals surface area contributed by atoms with Gasteiger partial charge in [0.2, 0.25) is 53.3 Å². The first-order valence-corrected chi connectivity index (χ1v) is 43.1. The topological polar surface area (TPSA) is 427 Å². The summed E-state index contributed by atoms with van der Waals surface area (Å²) in [5.41, 5.74) is 9.26. The zero-order valence-corrected chi connectivity index (χ0v) is 72.2. The van der Waals surface area contributed by atoms with E-state index in [4.69, 9.17) is 23.9 Å². The van der Waals surface area contributed by atoms with E-state index in [-0.39, 0.29) is 83.8 Å². The van der Waals surface area contributed by atoms with Gasteiger partial charge < -0.3 is 92.8 Å². The Bertz CT molecular complexity index is 6120. The van der Waals surface area contributed by atoms with Crippen LogP contribution in [0.4, 0.5) is 128 Å². The minimum Gasteiger partial charge on any atom is -0.493 e. The SMILES string of the molecule is C=CC(=O)Nc1cccc(Nc2nc(Nc3ccc(OCCOC)cc3)ncc2C2CC2)c1.C=CC(=O)Nc1cccc(Nc2nc(Nc3cccc(CO)c3)ncc2F)c1.C=CC(=O)Nc1cccc(Nc2nc(Nc3cccc(OCCCN4CCCC4=O)c3)ncc2F)c1.C=CC(=O)Nc1cccc(Nc2nc(Nc3cccc(OCCCS(C)(=O)=O)c3)ncc2F)c1. The van der Waals surface area contributed by atoms with E-state index in [1.165, 1.54) is 18.4 Å². The summed E-state index contributed by atoms with van der Waals surface area (Å²) in [6, 6.07) is 56.6. The van der Waals surface area contributed by atoms with Crippen LogP contribution < -0.4 is 78.0 Å². The molecule has 1 aliphatic heterocycles. The van der Waals surface area contributed by atoms with E-state index in [2.05, 4.69) is 125 Å². The molecule has 1 saturated carbocycles. The number of aliphatic hydroxyl groups is 1. The summed E-state index contributed by atoms with van der Waals surface area (Å²) in [6.45, 7) is 16.9. The maximum Gasteiger partial charge on any atom is 0.247 e. The van der Waals surface area contributed by atoms with Crippen LogP contribution in [0.1, 0.15) is 55.6 Å². The standard InChI is InChI=1S/C26H27FN6O3.C25H27N5O3.C23H24FN5O4S.C20H18FN5O2/c1-2-23(34)29-18-7-3-8-19(15-18)30-25-22(27)17-28-26(32-25)31-20-9-4-10-21(16-20)36-14-6-13-33-12-5-11-24(33)35;1-3-23(31)27-19-5-4-6-20(15-19)28-24-22(17-7-8-17)16-26-25(30-24)29-18-9-11-21(12-10-18)33-14-13-32-2;1-3-21(30)26-16-7-4-8-17(13-16)27-22-20(24)15-25-23(29-22)28-18-9-5-10-19(14-18)33-11-6-12-34(2,31)32;1-2-18(28)23-15-7-4-8-16(10-15)24-19-17(21)11-22-20(26-19)25-14-6-3-5-13(9-14)12-27/h2-4,7-10,15-17H,1,5-6,11-14H2,(H,29,34)(H2,28,30,31,32);3-6,9-12,15-17H,1,7-8,13-14H2,2H3,(H,27,31)(H2,26,28,29,30);3-5,7-10,13-15H,1,6,11-12H2,2H3,(H,26,30)(H2,25,27,28,29);2-11,27H,1,12H2,(H,23,28)(H2,22,24,25,26). The van der Waals surface area contributed by atoms with Crippen LogP contribution in [0.25, 0.3) is 0 Å².